The van der Waals surface area contributed by atoms with Gasteiger partial charge in [-0.2, -0.15) is 0 Å². The first-order chi connectivity index (χ1) is 14.0. The normalized spacial score (nSPS) is 11.4. The average Bonchev–Trinajstić information content (AvgIpc) is 2.71. The van der Waals surface area contributed by atoms with Crippen LogP contribution in [0.3, 0.4) is 0 Å². The second-order valence-electron chi connectivity index (χ2n) is 6.29. The van der Waals surface area contributed by atoms with Crippen molar-refractivity contribution in [1.82, 2.24) is 10.6 Å². The lowest BCUT2D eigenvalue weighted by molar-refractivity contribution is -0.145. The van der Waals surface area contributed by atoms with Crippen LogP contribution in [-0.2, 0) is 20.7 Å². The Labute approximate surface area is 170 Å². The summed E-state index contributed by atoms with van der Waals surface area (Å²) in [4.78, 5) is 35.8. The van der Waals surface area contributed by atoms with Crippen molar-refractivity contribution in [2.45, 2.75) is 26.3 Å². The number of esters is 2. The molecule has 2 rings (SSSR count). The monoisotopic (exact) mass is 398 g/mol. The molecule has 0 spiro atoms. The lowest BCUT2D eigenvalue weighted by atomic mass is 10.1. The standard InChI is InChI=1S/C22H26N2O5/c1-3-28-22(27)19(15-17-9-5-4-6-10-17)23-13-14-24-21(26)18-11-7-8-12-20(18)29-16(2)25/h4-12,19,23H,3,13-15H2,1-2H3,(H,24,26)/t19-/m0/s1. The molecule has 7 heteroatoms. The molecular formula is C22H26N2O5. The van der Waals surface area contributed by atoms with Gasteiger partial charge < -0.3 is 20.1 Å². The van der Waals surface area contributed by atoms with Crippen LogP contribution in [0.4, 0.5) is 0 Å². The molecule has 2 N–H and O–H groups in total. The van der Waals surface area contributed by atoms with Gasteiger partial charge in [-0.3, -0.25) is 14.4 Å². The molecule has 0 radical (unpaired) electrons. The van der Waals surface area contributed by atoms with Gasteiger partial charge in [0.05, 0.1) is 12.2 Å². The molecule has 0 saturated heterocycles. The van der Waals surface area contributed by atoms with Crippen LogP contribution in [0.15, 0.2) is 54.6 Å². The number of para-hydroxylation sites is 1. The number of carbonyl (C=O) groups excluding carboxylic acids is 3. The minimum Gasteiger partial charge on any atom is -0.465 e. The summed E-state index contributed by atoms with van der Waals surface area (Å²) in [5, 5.41) is 5.89. The largest absolute Gasteiger partial charge is 0.465 e. The van der Waals surface area contributed by atoms with Gasteiger partial charge in [0.15, 0.2) is 0 Å². The summed E-state index contributed by atoms with van der Waals surface area (Å²) in [5.74, 6) is -0.980. The summed E-state index contributed by atoms with van der Waals surface area (Å²) in [5.41, 5.74) is 1.28. The third-order valence-electron chi connectivity index (χ3n) is 4.04. The number of ether oxygens (including phenoxy) is 2. The van der Waals surface area contributed by atoms with Gasteiger partial charge in [0.2, 0.25) is 0 Å². The van der Waals surface area contributed by atoms with Crippen LogP contribution in [0.2, 0.25) is 0 Å². The van der Waals surface area contributed by atoms with E-state index < -0.39 is 12.0 Å². The molecule has 2 aromatic carbocycles. The summed E-state index contributed by atoms with van der Waals surface area (Å²) >= 11 is 0. The zero-order valence-electron chi connectivity index (χ0n) is 16.6. The Balaban J connectivity index is 1.90. The van der Waals surface area contributed by atoms with Gasteiger partial charge in [0.25, 0.3) is 5.91 Å². The number of carbonyl (C=O) groups is 3. The lowest BCUT2D eigenvalue weighted by Crippen LogP contribution is -2.43. The molecule has 29 heavy (non-hydrogen) atoms. The van der Waals surface area contributed by atoms with Gasteiger partial charge in [-0.15, -0.1) is 0 Å². The third-order valence-corrected chi connectivity index (χ3v) is 4.04. The minimum atomic E-state index is -0.511. The fourth-order valence-corrected chi connectivity index (χ4v) is 2.75. The predicted molar refractivity (Wildman–Crippen MR) is 109 cm³/mol. The van der Waals surface area contributed by atoms with Gasteiger partial charge in [0.1, 0.15) is 11.8 Å². The van der Waals surface area contributed by atoms with Crippen molar-refractivity contribution >= 4 is 17.8 Å². The molecule has 0 aliphatic rings. The van der Waals surface area contributed by atoms with Crippen LogP contribution >= 0.6 is 0 Å². The molecule has 1 atom stereocenters. The summed E-state index contributed by atoms with van der Waals surface area (Å²) in [6.45, 7) is 4.00. The van der Waals surface area contributed by atoms with Gasteiger partial charge in [-0.25, -0.2) is 0 Å². The maximum Gasteiger partial charge on any atom is 0.323 e. The van der Waals surface area contributed by atoms with Crippen LogP contribution in [0.5, 0.6) is 5.75 Å². The van der Waals surface area contributed by atoms with Crippen LogP contribution in [0.25, 0.3) is 0 Å². The number of rotatable bonds is 10. The highest BCUT2D eigenvalue weighted by Crippen LogP contribution is 2.17. The van der Waals surface area contributed by atoms with Gasteiger partial charge in [-0.1, -0.05) is 42.5 Å². The summed E-state index contributed by atoms with van der Waals surface area (Å²) in [6, 6.07) is 15.6. The molecule has 0 heterocycles. The van der Waals surface area contributed by atoms with E-state index in [1.54, 1.807) is 31.2 Å². The van der Waals surface area contributed by atoms with E-state index in [-0.39, 0.29) is 29.7 Å². The second-order valence-corrected chi connectivity index (χ2v) is 6.29. The molecule has 0 saturated carbocycles. The Kier molecular flexibility index (Phi) is 8.85. The highest BCUT2D eigenvalue weighted by molar-refractivity contribution is 5.97. The molecule has 0 aliphatic carbocycles. The molecular weight excluding hydrogens is 372 g/mol. The summed E-state index contributed by atoms with van der Waals surface area (Å²) < 4.78 is 10.2. The Morgan fingerprint density at radius 3 is 2.34 bits per heavy atom. The van der Waals surface area contributed by atoms with Crippen LogP contribution in [0, 0.1) is 0 Å². The smallest absolute Gasteiger partial charge is 0.323 e. The fraction of sp³-hybridized carbons (Fsp3) is 0.318. The van der Waals surface area contributed by atoms with E-state index >= 15 is 0 Å². The van der Waals surface area contributed by atoms with Crippen LogP contribution in [0.1, 0.15) is 29.8 Å². The minimum absolute atomic E-state index is 0.207. The molecule has 154 valence electrons. The van der Waals surface area contributed by atoms with E-state index in [0.29, 0.717) is 19.6 Å². The van der Waals surface area contributed by atoms with Gasteiger partial charge >= 0.3 is 11.9 Å². The van der Waals surface area contributed by atoms with E-state index in [4.69, 9.17) is 9.47 Å². The van der Waals surface area contributed by atoms with Crippen molar-refractivity contribution in [1.29, 1.82) is 0 Å². The number of hydrogen-bond donors (Lipinski definition) is 2. The number of amides is 1. The van der Waals surface area contributed by atoms with E-state index in [1.165, 1.54) is 6.92 Å². The molecule has 2 aromatic rings. The first-order valence-electron chi connectivity index (χ1n) is 9.50. The molecule has 0 unspecified atom stereocenters. The van der Waals surface area contributed by atoms with Crippen molar-refractivity contribution in [3.63, 3.8) is 0 Å². The molecule has 1 amide bonds. The second kappa shape index (κ2) is 11.6. The number of hydrogen-bond acceptors (Lipinski definition) is 6. The Hall–Kier alpha value is -3.19. The Bertz CT molecular complexity index is 823. The highest BCUT2D eigenvalue weighted by Gasteiger charge is 2.20. The highest BCUT2D eigenvalue weighted by atomic mass is 16.5. The first-order valence-corrected chi connectivity index (χ1v) is 9.50. The van der Waals surface area contributed by atoms with Crippen molar-refractivity contribution in [3.8, 4) is 5.75 Å². The fourth-order valence-electron chi connectivity index (χ4n) is 2.75. The van der Waals surface area contributed by atoms with Gasteiger partial charge in [0, 0.05) is 20.0 Å². The number of nitrogens with one attached hydrogen (secondary N) is 2. The molecule has 0 aliphatic heterocycles. The molecule has 0 bridgehead atoms. The maximum atomic E-state index is 12.4. The number of benzene rings is 2. The third kappa shape index (κ3) is 7.38. The topological polar surface area (TPSA) is 93.7 Å². The molecule has 0 aromatic heterocycles. The van der Waals surface area contributed by atoms with E-state index in [1.807, 2.05) is 30.3 Å². The molecule has 7 nitrogen and oxygen atoms in total. The predicted octanol–water partition coefficient (Wildman–Crippen LogP) is 2.11. The Morgan fingerprint density at radius 2 is 1.66 bits per heavy atom. The Morgan fingerprint density at radius 1 is 0.966 bits per heavy atom. The average molecular weight is 398 g/mol. The van der Waals surface area contributed by atoms with E-state index in [2.05, 4.69) is 10.6 Å². The zero-order chi connectivity index (χ0) is 21.1. The van der Waals surface area contributed by atoms with E-state index in [0.717, 1.165) is 5.56 Å². The van der Waals surface area contributed by atoms with E-state index in [9.17, 15) is 14.4 Å². The summed E-state index contributed by atoms with van der Waals surface area (Å²) in [6.07, 6.45) is 0.489. The SMILES string of the molecule is CCOC(=O)[C@H](Cc1ccccc1)NCCNC(=O)c1ccccc1OC(C)=O. The van der Waals surface area contributed by atoms with Crippen molar-refractivity contribution in [2.75, 3.05) is 19.7 Å². The maximum absolute atomic E-state index is 12.4. The van der Waals surface area contributed by atoms with Crippen molar-refractivity contribution < 1.29 is 23.9 Å². The van der Waals surface area contributed by atoms with Crippen molar-refractivity contribution in [3.05, 3.63) is 65.7 Å². The molecule has 0 fully saturated rings. The quantitative estimate of drug-likeness (QED) is 0.362. The lowest BCUT2D eigenvalue weighted by Gasteiger charge is -2.18. The van der Waals surface area contributed by atoms with Crippen molar-refractivity contribution in [2.24, 2.45) is 0 Å². The van der Waals surface area contributed by atoms with Crippen LogP contribution in [-0.4, -0.2) is 43.6 Å². The van der Waals surface area contributed by atoms with Gasteiger partial charge in [-0.05, 0) is 31.0 Å². The first kappa shape index (κ1) is 22.1. The zero-order valence-corrected chi connectivity index (χ0v) is 16.6. The summed E-state index contributed by atoms with van der Waals surface area (Å²) in [7, 11) is 0. The van der Waals surface area contributed by atoms with Crippen LogP contribution < -0.4 is 15.4 Å².